The number of nitrogens with zero attached hydrogens (tertiary/aromatic N) is 3. The zero-order chi connectivity index (χ0) is 24.0. The number of amides is 2. The Balaban J connectivity index is 1.81. The molecule has 1 saturated carbocycles. The molecule has 33 heavy (non-hydrogen) atoms. The van der Waals surface area contributed by atoms with E-state index in [1.807, 2.05) is 19.9 Å². The van der Waals surface area contributed by atoms with Crippen LogP contribution < -0.4 is 11.1 Å². The summed E-state index contributed by atoms with van der Waals surface area (Å²) in [7, 11) is 0. The molecule has 8 nitrogen and oxygen atoms in total. The summed E-state index contributed by atoms with van der Waals surface area (Å²) in [5, 5.41) is 2.84. The molecule has 0 saturated heterocycles. The summed E-state index contributed by atoms with van der Waals surface area (Å²) in [5.41, 5.74) is 7.65. The maximum absolute atomic E-state index is 13.4. The molecule has 0 radical (unpaired) electrons. The minimum atomic E-state index is -0.531. The van der Waals surface area contributed by atoms with E-state index in [1.54, 1.807) is 21.9 Å². The number of aliphatic imine (C=N–C) groups is 1. The number of unbranched alkanes of at least 4 members (excludes halogenated alkanes) is 1. The predicted molar refractivity (Wildman–Crippen MR) is 129 cm³/mol. The van der Waals surface area contributed by atoms with Gasteiger partial charge in [0.25, 0.3) is 11.7 Å². The minimum Gasteiger partial charge on any atom is -0.369 e. The van der Waals surface area contributed by atoms with Crippen LogP contribution in [0.4, 0.5) is 5.69 Å². The number of para-hydroxylation sites is 1. The van der Waals surface area contributed by atoms with E-state index in [9.17, 15) is 14.4 Å². The van der Waals surface area contributed by atoms with Gasteiger partial charge in [0.15, 0.2) is 5.96 Å². The molecule has 8 heteroatoms. The molecule has 1 aliphatic carbocycles. The van der Waals surface area contributed by atoms with Crippen LogP contribution in [0.3, 0.4) is 0 Å². The molecule has 1 aromatic carbocycles. The number of guanidine groups is 1. The molecule has 0 aromatic heterocycles. The van der Waals surface area contributed by atoms with E-state index < -0.39 is 11.7 Å². The van der Waals surface area contributed by atoms with Crippen LogP contribution >= 0.6 is 0 Å². The van der Waals surface area contributed by atoms with Gasteiger partial charge in [-0.05, 0) is 44.7 Å². The molecular formula is C25H37N5O3. The SMILES string of the molecule is CCCCN(C(=O)C(=O)c1cccc2c1N=C(N)N(CC(=O)NC(C)C)C2)C1CCCCC1. The lowest BCUT2D eigenvalue weighted by molar-refractivity contribution is -0.129. The highest BCUT2D eigenvalue weighted by Crippen LogP contribution is 2.31. The molecule has 1 aliphatic heterocycles. The van der Waals surface area contributed by atoms with Gasteiger partial charge in [-0.3, -0.25) is 14.4 Å². The lowest BCUT2D eigenvalue weighted by Gasteiger charge is -2.34. The van der Waals surface area contributed by atoms with Gasteiger partial charge in [-0.25, -0.2) is 4.99 Å². The monoisotopic (exact) mass is 455 g/mol. The molecule has 2 amide bonds. The topological polar surface area (TPSA) is 108 Å². The summed E-state index contributed by atoms with van der Waals surface area (Å²) in [5.74, 6) is -0.954. The van der Waals surface area contributed by atoms with E-state index in [4.69, 9.17) is 5.73 Å². The number of ketones is 1. The Kier molecular flexibility index (Phi) is 8.47. The minimum absolute atomic E-state index is 0.0304. The van der Waals surface area contributed by atoms with Crippen LogP contribution in [0.5, 0.6) is 0 Å². The van der Waals surface area contributed by atoms with Crippen LogP contribution in [0, 0.1) is 0 Å². The highest BCUT2D eigenvalue weighted by Gasteiger charge is 2.32. The van der Waals surface area contributed by atoms with Crippen LogP contribution in [0.1, 0.15) is 81.6 Å². The number of benzene rings is 1. The van der Waals surface area contributed by atoms with Gasteiger partial charge in [0.05, 0.1) is 17.8 Å². The van der Waals surface area contributed by atoms with Crippen molar-refractivity contribution in [3.63, 3.8) is 0 Å². The first-order valence-corrected chi connectivity index (χ1v) is 12.2. The molecule has 2 aliphatic rings. The Morgan fingerprint density at radius 1 is 1.21 bits per heavy atom. The average molecular weight is 456 g/mol. The lowest BCUT2D eigenvalue weighted by atomic mass is 9.93. The molecular weight excluding hydrogens is 418 g/mol. The number of carbonyl (C=O) groups is 3. The van der Waals surface area contributed by atoms with E-state index in [-0.39, 0.29) is 36.1 Å². The van der Waals surface area contributed by atoms with Crippen LogP contribution in [0.25, 0.3) is 0 Å². The fourth-order valence-corrected chi connectivity index (χ4v) is 4.60. The quantitative estimate of drug-likeness (QED) is 0.439. The average Bonchev–Trinajstić information content (AvgIpc) is 2.79. The number of nitrogens with one attached hydrogen (secondary N) is 1. The molecule has 1 heterocycles. The maximum Gasteiger partial charge on any atom is 0.295 e. The smallest absolute Gasteiger partial charge is 0.295 e. The van der Waals surface area contributed by atoms with Gasteiger partial charge >= 0.3 is 0 Å². The summed E-state index contributed by atoms with van der Waals surface area (Å²) in [6.45, 7) is 6.92. The van der Waals surface area contributed by atoms with Gasteiger partial charge in [0, 0.05) is 25.2 Å². The third-order valence-corrected chi connectivity index (χ3v) is 6.28. The van der Waals surface area contributed by atoms with Gasteiger partial charge in [0.1, 0.15) is 0 Å². The van der Waals surface area contributed by atoms with Crippen molar-refractivity contribution in [3.8, 4) is 0 Å². The summed E-state index contributed by atoms with van der Waals surface area (Å²) >= 11 is 0. The first kappa shape index (κ1) is 24.7. The van der Waals surface area contributed by atoms with Crippen molar-refractivity contribution in [2.45, 2.75) is 84.3 Å². The first-order chi connectivity index (χ1) is 15.8. The zero-order valence-electron chi connectivity index (χ0n) is 20.1. The lowest BCUT2D eigenvalue weighted by Crippen LogP contribution is -2.46. The Bertz CT molecular complexity index is 905. The Hall–Kier alpha value is -2.90. The molecule has 3 N–H and O–H groups in total. The van der Waals surface area contributed by atoms with Crippen LogP contribution in [-0.2, 0) is 16.1 Å². The van der Waals surface area contributed by atoms with Crippen LogP contribution in [0.2, 0.25) is 0 Å². The summed E-state index contributed by atoms with van der Waals surface area (Å²) < 4.78 is 0. The van der Waals surface area contributed by atoms with Gasteiger partial charge < -0.3 is 20.9 Å². The predicted octanol–water partition coefficient (Wildman–Crippen LogP) is 3.12. The molecule has 0 atom stereocenters. The zero-order valence-corrected chi connectivity index (χ0v) is 20.1. The summed E-state index contributed by atoms with van der Waals surface area (Å²) in [4.78, 5) is 46.8. The first-order valence-electron chi connectivity index (χ1n) is 12.2. The normalized spacial score (nSPS) is 16.2. The van der Waals surface area contributed by atoms with E-state index in [1.165, 1.54) is 6.42 Å². The van der Waals surface area contributed by atoms with Crippen molar-refractivity contribution in [3.05, 3.63) is 29.3 Å². The molecule has 0 spiro atoms. The standard InChI is InChI=1S/C25H37N5O3/c1-4-5-14-30(19-11-7-6-8-12-19)24(33)23(32)20-13-9-10-18-15-29(25(26)28-22(18)20)16-21(31)27-17(2)3/h9-10,13,17,19H,4-8,11-12,14-16H2,1-3H3,(H2,26,28)(H,27,31). The van der Waals surface area contributed by atoms with Crippen molar-refractivity contribution in [2.75, 3.05) is 13.1 Å². The Morgan fingerprint density at radius 3 is 2.61 bits per heavy atom. The molecule has 0 unspecified atom stereocenters. The largest absolute Gasteiger partial charge is 0.369 e. The van der Waals surface area contributed by atoms with Crippen molar-refractivity contribution < 1.29 is 14.4 Å². The van der Waals surface area contributed by atoms with E-state index >= 15 is 0 Å². The van der Waals surface area contributed by atoms with E-state index in [0.29, 0.717) is 18.8 Å². The van der Waals surface area contributed by atoms with Crippen LogP contribution in [-0.4, -0.2) is 58.5 Å². The van der Waals surface area contributed by atoms with Gasteiger partial charge in [-0.1, -0.05) is 44.7 Å². The van der Waals surface area contributed by atoms with Crippen molar-refractivity contribution in [1.29, 1.82) is 0 Å². The number of hydrogen-bond donors (Lipinski definition) is 2. The van der Waals surface area contributed by atoms with Gasteiger partial charge in [0.2, 0.25) is 5.91 Å². The molecule has 0 bridgehead atoms. The summed E-state index contributed by atoms with van der Waals surface area (Å²) in [6.07, 6.45) is 7.12. The number of hydrogen-bond acceptors (Lipinski definition) is 6. The van der Waals surface area contributed by atoms with Crippen LogP contribution in [0.15, 0.2) is 23.2 Å². The highest BCUT2D eigenvalue weighted by atomic mass is 16.2. The number of nitrogens with two attached hydrogens (primary N) is 1. The van der Waals surface area contributed by atoms with Crippen molar-refractivity contribution >= 4 is 29.2 Å². The molecule has 3 rings (SSSR count). The van der Waals surface area contributed by atoms with Gasteiger partial charge in [-0.15, -0.1) is 0 Å². The molecule has 180 valence electrons. The number of Topliss-reactive ketones (excluding diaryl/α,β-unsaturated/α-hetero) is 1. The van der Waals surface area contributed by atoms with Crippen molar-refractivity contribution in [2.24, 2.45) is 10.7 Å². The summed E-state index contributed by atoms with van der Waals surface area (Å²) in [6, 6.07) is 5.43. The Morgan fingerprint density at radius 2 is 1.94 bits per heavy atom. The number of carbonyl (C=O) groups excluding carboxylic acids is 3. The molecule has 1 fully saturated rings. The number of fused-ring (bicyclic) bond motifs is 1. The maximum atomic E-state index is 13.4. The second-order valence-electron chi connectivity index (χ2n) is 9.33. The van der Waals surface area contributed by atoms with E-state index in [0.717, 1.165) is 44.1 Å². The highest BCUT2D eigenvalue weighted by molar-refractivity contribution is 6.44. The Labute approximate surface area is 196 Å². The second kappa shape index (κ2) is 11.3. The number of rotatable bonds is 9. The molecule has 1 aromatic rings. The third-order valence-electron chi connectivity index (χ3n) is 6.28. The van der Waals surface area contributed by atoms with Gasteiger partial charge in [-0.2, -0.15) is 0 Å². The fourth-order valence-electron chi connectivity index (χ4n) is 4.60. The fraction of sp³-hybridized carbons (Fsp3) is 0.600. The van der Waals surface area contributed by atoms with E-state index in [2.05, 4.69) is 17.2 Å². The second-order valence-corrected chi connectivity index (χ2v) is 9.33. The third kappa shape index (κ3) is 6.12. The van der Waals surface area contributed by atoms with Crippen molar-refractivity contribution in [1.82, 2.24) is 15.1 Å².